The Morgan fingerprint density at radius 1 is 0.875 bits per heavy atom. The molecular formula is C7H16N+. The minimum atomic E-state index is 1.40. The number of hydrogen-bond acceptors (Lipinski definition) is 0. The highest BCUT2D eigenvalue weighted by Crippen LogP contribution is 1.98. The van der Waals surface area contributed by atoms with E-state index in [2.05, 4.69) is 7.05 Å². The van der Waals surface area contributed by atoms with Crippen LogP contribution in [0, 0.1) is 0 Å². The maximum atomic E-state index is 2.30. The van der Waals surface area contributed by atoms with E-state index in [1.807, 2.05) is 0 Å². The minimum Gasteiger partial charge on any atom is -0.337 e. The first-order valence-electron chi connectivity index (χ1n) is 3.71. The van der Waals surface area contributed by atoms with Gasteiger partial charge in [-0.1, -0.05) is 0 Å². The highest BCUT2D eigenvalue weighted by Gasteiger charge is 2.04. The lowest BCUT2D eigenvalue weighted by atomic mass is 10.2. The molecule has 0 radical (unpaired) electrons. The molecular weight excluding hydrogens is 98.1 g/mol. The van der Waals surface area contributed by atoms with Crippen LogP contribution in [0.1, 0.15) is 25.7 Å². The first-order valence-corrected chi connectivity index (χ1v) is 3.71. The third-order valence-corrected chi connectivity index (χ3v) is 1.96. The van der Waals surface area contributed by atoms with E-state index >= 15 is 0 Å². The van der Waals surface area contributed by atoms with Gasteiger partial charge in [-0.05, 0) is 25.7 Å². The molecule has 1 aliphatic heterocycles. The third-order valence-electron chi connectivity index (χ3n) is 1.96. The van der Waals surface area contributed by atoms with Gasteiger partial charge in [0.05, 0.1) is 20.1 Å². The predicted octanol–water partition coefficient (Wildman–Crippen LogP) is 0.0751. The van der Waals surface area contributed by atoms with Gasteiger partial charge in [0.2, 0.25) is 0 Å². The van der Waals surface area contributed by atoms with Crippen LogP contribution in [0.5, 0.6) is 0 Å². The molecule has 1 saturated heterocycles. The van der Waals surface area contributed by atoms with E-state index in [1.165, 1.54) is 38.8 Å². The Hall–Kier alpha value is -0.0400. The van der Waals surface area contributed by atoms with Crippen LogP contribution in [0.3, 0.4) is 0 Å². The van der Waals surface area contributed by atoms with Gasteiger partial charge in [-0.3, -0.25) is 0 Å². The lowest BCUT2D eigenvalue weighted by molar-refractivity contribution is -0.878. The zero-order chi connectivity index (χ0) is 5.82. The number of nitrogens with one attached hydrogen (secondary N) is 1. The van der Waals surface area contributed by atoms with E-state index in [4.69, 9.17) is 0 Å². The molecule has 1 nitrogen and oxygen atoms in total. The zero-order valence-corrected chi connectivity index (χ0v) is 5.74. The smallest absolute Gasteiger partial charge is 0.0768 e. The molecule has 0 amide bonds. The molecule has 0 aromatic carbocycles. The van der Waals surface area contributed by atoms with E-state index in [0.717, 1.165) is 0 Å². The summed E-state index contributed by atoms with van der Waals surface area (Å²) < 4.78 is 0. The summed E-state index contributed by atoms with van der Waals surface area (Å²) in [5.74, 6) is 0. The second-order valence-corrected chi connectivity index (χ2v) is 2.87. The predicted molar refractivity (Wildman–Crippen MR) is 35.1 cm³/mol. The molecule has 0 spiro atoms. The zero-order valence-electron chi connectivity index (χ0n) is 5.74. The molecule has 1 N–H and O–H groups in total. The van der Waals surface area contributed by atoms with Gasteiger partial charge in [-0.2, -0.15) is 0 Å². The normalized spacial score (nSPS) is 25.1. The topological polar surface area (TPSA) is 4.44 Å². The van der Waals surface area contributed by atoms with Crippen molar-refractivity contribution >= 4 is 0 Å². The second-order valence-electron chi connectivity index (χ2n) is 2.87. The first-order chi connectivity index (χ1) is 3.89. The molecule has 0 aliphatic carbocycles. The summed E-state index contributed by atoms with van der Waals surface area (Å²) >= 11 is 0. The molecule has 0 unspecified atom stereocenters. The monoisotopic (exact) mass is 114 g/mol. The molecule has 0 aromatic rings. The fraction of sp³-hybridized carbons (Fsp3) is 1.00. The Bertz CT molecular complexity index is 53.4. The van der Waals surface area contributed by atoms with Gasteiger partial charge >= 0.3 is 0 Å². The number of rotatable bonds is 0. The summed E-state index contributed by atoms with van der Waals surface area (Å²) in [7, 11) is 2.30. The number of hydrogen-bond donors (Lipinski definition) is 1. The summed E-state index contributed by atoms with van der Waals surface area (Å²) in [6.45, 7) is 2.81. The summed E-state index contributed by atoms with van der Waals surface area (Å²) in [5.41, 5.74) is 0. The maximum Gasteiger partial charge on any atom is 0.0768 e. The lowest BCUT2D eigenvalue weighted by Gasteiger charge is -2.07. The van der Waals surface area contributed by atoms with Gasteiger partial charge in [-0.25, -0.2) is 0 Å². The standard InChI is InChI=1S/C7H15N/c1-8-6-4-2-3-5-7-8/h2-7H2,1H3/p+1. The minimum absolute atomic E-state index is 1.40. The molecule has 8 heavy (non-hydrogen) atoms. The Morgan fingerprint density at radius 2 is 1.38 bits per heavy atom. The van der Waals surface area contributed by atoms with Crippen molar-refractivity contribution < 1.29 is 4.90 Å². The largest absolute Gasteiger partial charge is 0.337 e. The van der Waals surface area contributed by atoms with Crippen molar-refractivity contribution in [1.82, 2.24) is 0 Å². The van der Waals surface area contributed by atoms with Crippen molar-refractivity contribution in [2.24, 2.45) is 0 Å². The molecule has 48 valence electrons. The van der Waals surface area contributed by atoms with E-state index in [1.54, 1.807) is 4.90 Å². The lowest BCUT2D eigenvalue weighted by Crippen LogP contribution is -3.08. The average Bonchev–Trinajstić information content (AvgIpc) is 1.94. The first kappa shape index (κ1) is 6.09. The highest BCUT2D eigenvalue weighted by atomic mass is 15.1. The summed E-state index contributed by atoms with van der Waals surface area (Å²) in [4.78, 5) is 1.72. The average molecular weight is 114 g/mol. The van der Waals surface area contributed by atoms with Gasteiger partial charge in [-0.15, -0.1) is 0 Å². The van der Waals surface area contributed by atoms with Crippen molar-refractivity contribution in [3.05, 3.63) is 0 Å². The Labute approximate surface area is 51.7 Å². The van der Waals surface area contributed by atoms with E-state index < -0.39 is 0 Å². The van der Waals surface area contributed by atoms with E-state index in [9.17, 15) is 0 Å². The van der Waals surface area contributed by atoms with Crippen LogP contribution in [0.15, 0.2) is 0 Å². The molecule has 1 aliphatic rings. The van der Waals surface area contributed by atoms with Crippen LogP contribution in [-0.2, 0) is 0 Å². The quantitative estimate of drug-likeness (QED) is 0.455. The summed E-state index contributed by atoms with van der Waals surface area (Å²) in [5, 5.41) is 0. The van der Waals surface area contributed by atoms with Crippen molar-refractivity contribution in [2.75, 3.05) is 20.1 Å². The summed E-state index contributed by atoms with van der Waals surface area (Å²) in [6, 6.07) is 0. The van der Waals surface area contributed by atoms with Gasteiger partial charge in [0, 0.05) is 0 Å². The van der Waals surface area contributed by atoms with Crippen LogP contribution in [0.2, 0.25) is 0 Å². The van der Waals surface area contributed by atoms with Crippen LogP contribution in [0.4, 0.5) is 0 Å². The third kappa shape index (κ3) is 1.83. The summed E-state index contributed by atoms with van der Waals surface area (Å²) in [6.07, 6.45) is 5.84. The molecule has 1 rings (SSSR count). The van der Waals surface area contributed by atoms with Gasteiger partial charge in [0.1, 0.15) is 0 Å². The Kier molecular flexibility index (Phi) is 2.34. The molecule has 1 heteroatoms. The van der Waals surface area contributed by atoms with Crippen LogP contribution in [-0.4, -0.2) is 20.1 Å². The second kappa shape index (κ2) is 3.08. The molecule has 1 heterocycles. The van der Waals surface area contributed by atoms with Crippen molar-refractivity contribution in [2.45, 2.75) is 25.7 Å². The van der Waals surface area contributed by atoms with Gasteiger partial charge in [0.25, 0.3) is 0 Å². The van der Waals surface area contributed by atoms with Gasteiger partial charge in [0.15, 0.2) is 0 Å². The molecule has 1 fully saturated rings. The SMILES string of the molecule is C[NH+]1CCCCCC1. The fourth-order valence-corrected chi connectivity index (χ4v) is 1.33. The molecule has 0 saturated carbocycles. The van der Waals surface area contributed by atoms with Crippen molar-refractivity contribution in [1.29, 1.82) is 0 Å². The van der Waals surface area contributed by atoms with Crippen molar-refractivity contribution in [3.63, 3.8) is 0 Å². The van der Waals surface area contributed by atoms with Crippen LogP contribution >= 0.6 is 0 Å². The fourth-order valence-electron chi connectivity index (χ4n) is 1.33. The molecule has 0 atom stereocenters. The van der Waals surface area contributed by atoms with Crippen LogP contribution < -0.4 is 4.90 Å². The van der Waals surface area contributed by atoms with Crippen molar-refractivity contribution in [3.8, 4) is 0 Å². The number of quaternary nitrogens is 1. The maximum absolute atomic E-state index is 2.30. The Balaban J connectivity index is 2.17. The van der Waals surface area contributed by atoms with Crippen LogP contribution in [0.25, 0.3) is 0 Å². The molecule has 0 bridgehead atoms. The highest BCUT2D eigenvalue weighted by molar-refractivity contribution is 4.44. The molecule has 0 aromatic heterocycles. The Morgan fingerprint density at radius 3 is 1.88 bits per heavy atom. The van der Waals surface area contributed by atoms with E-state index in [0.29, 0.717) is 0 Å². The van der Waals surface area contributed by atoms with Gasteiger partial charge < -0.3 is 4.90 Å². The number of likely N-dealkylation sites (tertiary alicyclic amines) is 1. The van der Waals surface area contributed by atoms with E-state index in [-0.39, 0.29) is 0 Å².